The molecule has 0 saturated heterocycles. The van der Waals surface area contributed by atoms with E-state index in [0.717, 1.165) is 16.8 Å². The van der Waals surface area contributed by atoms with Gasteiger partial charge >= 0.3 is 0 Å². The van der Waals surface area contributed by atoms with Gasteiger partial charge in [-0.25, -0.2) is 4.39 Å². The van der Waals surface area contributed by atoms with Crippen molar-refractivity contribution in [2.24, 2.45) is 0 Å². The first-order valence-electron chi connectivity index (χ1n) is 9.63. The maximum absolute atomic E-state index is 13.1. The van der Waals surface area contributed by atoms with Crippen LogP contribution in [0, 0.1) is 19.7 Å². The van der Waals surface area contributed by atoms with Crippen molar-refractivity contribution in [3.05, 3.63) is 83.9 Å². The van der Waals surface area contributed by atoms with Crippen LogP contribution < -0.4 is 5.32 Å². The number of rotatable bonds is 6. The van der Waals surface area contributed by atoms with Crippen molar-refractivity contribution in [1.82, 2.24) is 19.7 Å². The molecule has 4 rings (SSSR count). The summed E-state index contributed by atoms with van der Waals surface area (Å²) in [4.78, 5) is 16.5. The number of nitrogens with zero attached hydrogens (tertiary/aromatic N) is 4. The fourth-order valence-electron chi connectivity index (χ4n) is 3.01. The fourth-order valence-corrected chi connectivity index (χ4v) is 3.76. The average Bonchev–Trinajstić information content (AvgIpc) is 3.20. The highest BCUT2D eigenvalue weighted by atomic mass is 32.2. The molecule has 0 spiro atoms. The number of halogens is 1. The summed E-state index contributed by atoms with van der Waals surface area (Å²) in [6.45, 7) is 4.11. The SMILES string of the molecule is Cc1ccc(-n2c(SCC(=O)Nc3ccc(F)cc3)nnc2-c2ccncc2)cc1C. The van der Waals surface area contributed by atoms with E-state index in [1.54, 1.807) is 12.4 Å². The van der Waals surface area contributed by atoms with Crippen LogP contribution in [0.15, 0.2) is 72.1 Å². The third-order valence-corrected chi connectivity index (χ3v) is 5.71. The molecule has 6 nitrogen and oxygen atoms in total. The van der Waals surface area contributed by atoms with Crippen LogP contribution in [0.2, 0.25) is 0 Å². The van der Waals surface area contributed by atoms with Gasteiger partial charge < -0.3 is 5.32 Å². The van der Waals surface area contributed by atoms with Crippen molar-refractivity contribution >= 4 is 23.4 Å². The summed E-state index contributed by atoms with van der Waals surface area (Å²) in [6, 6.07) is 15.5. The number of pyridine rings is 1. The van der Waals surface area contributed by atoms with Gasteiger partial charge in [-0.05, 0) is 73.5 Å². The monoisotopic (exact) mass is 433 g/mol. The number of hydrogen-bond acceptors (Lipinski definition) is 5. The summed E-state index contributed by atoms with van der Waals surface area (Å²) < 4.78 is 15.0. The van der Waals surface area contributed by atoms with Crippen molar-refractivity contribution in [1.29, 1.82) is 0 Å². The molecule has 156 valence electrons. The normalized spacial score (nSPS) is 10.8. The molecule has 0 radical (unpaired) electrons. The lowest BCUT2D eigenvalue weighted by molar-refractivity contribution is -0.113. The van der Waals surface area contributed by atoms with E-state index in [4.69, 9.17) is 0 Å². The molecule has 0 aliphatic heterocycles. The molecule has 1 N–H and O–H groups in total. The number of anilines is 1. The molecule has 0 aliphatic rings. The molecule has 2 aromatic carbocycles. The van der Waals surface area contributed by atoms with Gasteiger partial charge in [0, 0.05) is 23.6 Å². The lowest BCUT2D eigenvalue weighted by Gasteiger charge is -2.12. The van der Waals surface area contributed by atoms with Crippen molar-refractivity contribution < 1.29 is 9.18 Å². The Bertz CT molecular complexity index is 1210. The van der Waals surface area contributed by atoms with Crippen LogP contribution in [-0.4, -0.2) is 31.4 Å². The van der Waals surface area contributed by atoms with Crippen molar-refractivity contribution in [2.75, 3.05) is 11.1 Å². The highest BCUT2D eigenvalue weighted by Crippen LogP contribution is 2.28. The minimum absolute atomic E-state index is 0.136. The largest absolute Gasteiger partial charge is 0.325 e. The second-order valence-electron chi connectivity index (χ2n) is 6.99. The Labute approximate surface area is 183 Å². The van der Waals surface area contributed by atoms with Gasteiger partial charge in [-0.2, -0.15) is 0 Å². The first-order valence-corrected chi connectivity index (χ1v) is 10.6. The van der Waals surface area contributed by atoms with E-state index in [9.17, 15) is 9.18 Å². The summed E-state index contributed by atoms with van der Waals surface area (Å²) >= 11 is 1.29. The fraction of sp³-hybridized carbons (Fsp3) is 0.130. The number of carbonyl (C=O) groups excluding carboxylic acids is 1. The molecule has 0 aliphatic carbocycles. The third kappa shape index (κ3) is 4.80. The van der Waals surface area contributed by atoms with Gasteiger partial charge in [0.2, 0.25) is 5.91 Å². The maximum atomic E-state index is 13.1. The summed E-state index contributed by atoms with van der Waals surface area (Å²) in [5, 5.41) is 12.1. The molecule has 2 aromatic heterocycles. The number of carbonyl (C=O) groups is 1. The van der Waals surface area contributed by atoms with Gasteiger partial charge in [0.25, 0.3) is 0 Å². The number of hydrogen-bond donors (Lipinski definition) is 1. The Hall–Kier alpha value is -3.52. The van der Waals surface area contributed by atoms with Crippen molar-refractivity contribution in [2.45, 2.75) is 19.0 Å². The highest BCUT2D eigenvalue weighted by molar-refractivity contribution is 7.99. The Morgan fingerprint density at radius 1 is 1.00 bits per heavy atom. The van der Waals surface area contributed by atoms with E-state index >= 15 is 0 Å². The molecule has 0 atom stereocenters. The zero-order chi connectivity index (χ0) is 21.8. The minimum Gasteiger partial charge on any atom is -0.325 e. The molecule has 0 unspecified atom stereocenters. The van der Waals surface area contributed by atoms with Crippen LogP contribution in [-0.2, 0) is 4.79 Å². The van der Waals surface area contributed by atoms with E-state index in [2.05, 4.69) is 46.5 Å². The molecule has 0 fully saturated rings. The number of nitrogens with one attached hydrogen (secondary N) is 1. The molecule has 0 saturated carbocycles. The summed E-state index contributed by atoms with van der Waals surface area (Å²) in [6.07, 6.45) is 3.41. The topological polar surface area (TPSA) is 72.7 Å². The van der Waals surface area contributed by atoms with Gasteiger partial charge in [-0.15, -0.1) is 10.2 Å². The molecule has 0 bridgehead atoms. The lowest BCUT2D eigenvalue weighted by atomic mass is 10.1. The quantitative estimate of drug-likeness (QED) is 0.442. The van der Waals surface area contributed by atoms with Crippen LogP contribution in [0.3, 0.4) is 0 Å². The van der Waals surface area contributed by atoms with Gasteiger partial charge in [-0.3, -0.25) is 14.3 Å². The highest BCUT2D eigenvalue weighted by Gasteiger charge is 2.18. The average molecular weight is 434 g/mol. The number of benzene rings is 2. The number of aromatic nitrogens is 4. The van der Waals surface area contributed by atoms with E-state index in [0.29, 0.717) is 16.7 Å². The standard InChI is InChI=1S/C23H20FN5OS/c1-15-3-8-20(13-16(15)2)29-22(17-9-11-25-12-10-17)27-28-23(29)31-14-21(30)26-19-6-4-18(24)5-7-19/h3-13H,14H2,1-2H3,(H,26,30). The molecular formula is C23H20FN5OS. The molecule has 31 heavy (non-hydrogen) atoms. The van der Waals surface area contributed by atoms with Crippen molar-refractivity contribution in [3.8, 4) is 17.1 Å². The van der Waals surface area contributed by atoms with Crippen LogP contribution >= 0.6 is 11.8 Å². The van der Waals surface area contributed by atoms with Gasteiger partial charge in [0.15, 0.2) is 11.0 Å². The van der Waals surface area contributed by atoms with Crippen LogP contribution in [0.4, 0.5) is 10.1 Å². The second-order valence-corrected chi connectivity index (χ2v) is 7.93. The maximum Gasteiger partial charge on any atom is 0.234 e. The smallest absolute Gasteiger partial charge is 0.234 e. The zero-order valence-electron chi connectivity index (χ0n) is 17.0. The number of aryl methyl sites for hydroxylation is 2. The first-order chi connectivity index (χ1) is 15.0. The molecular weight excluding hydrogens is 413 g/mol. The molecule has 8 heteroatoms. The predicted octanol–water partition coefficient (Wildman–Crippen LogP) is 4.82. The molecule has 4 aromatic rings. The van der Waals surface area contributed by atoms with Gasteiger partial charge in [-0.1, -0.05) is 17.8 Å². The zero-order valence-corrected chi connectivity index (χ0v) is 17.9. The second kappa shape index (κ2) is 9.09. The Kier molecular flexibility index (Phi) is 6.08. The van der Waals surface area contributed by atoms with Crippen LogP contribution in [0.5, 0.6) is 0 Å². The van der Waals surface area contributed by atoms with E-state index in [1.165, 1.54) is 41.6 Å². The molecule has 2 heterocycles. The Morgan fingerprint density at radius 3 is 2.45 bits per heavy atom. The summed E-state index contributed by atoms with van der Waals surface area (Å²) in [5.74, 6) is 0.248. The van der Waals surface area contributed by atoms with Gasteiger partial charge in [0.05, 0.1) is 11.4 Å². The number of thioether (sulfide) groups is 1. The first kappa shape index (κ1) is 20.7. The lowest BCUT2D eigenvalue weighted by Crippen LogP contribution is -2.14. The summed E-state index contributed by atoms with van der Waals surface area (Å²) in [7, 11) is 0. The summed E-state index contributed by atoms with van der Waals surface area (Å²) in [5.41, 5.74) is 4.68. The van der Waals surface area contributed by atoms with Crippen molar-refractivity contribution in [3.63, 3.8) is 0 Å². The van der Waals surface area contributed by atoms with E-state index < -0.39 is 0 Å². The third-order valence-electron chi connectivity index (χ3n) is 4.78. The van der Waals surface area contributed by atoms with Crippen LogP contribution in [0.25, 0.3) is 17.1 Å². The van der Waals surface area contributed by atoms with Crippen LogP contribution in [0.1, 0.15) is 11.1 Å². The minimum atomic E-state index is -0.350. The van der Waals surface area contributed by atoms with E-state index in [-0.39, 0.29) is 17.5 Å². The molecule has 1 amide bonds. The number of amides is 1. The predicted molar refractivity (Wildman–Crippen MR) is 120 cm³/mol. The Balaban J connectivity index is 1.61. The Morgan fingerprint density at radius 2 is 1.74 bits per heavy atom. The van der Waals surface area contributed by atoms with E-state index in [1.807, 2.05) is 22.8 Å². The van der Waals surface area contributed by atoms with Gasteiger partial charge in [0.1, 0.15) is 5.82 Å².